The molecule has 0 atom stereocenters. The van der Waals surface area contributed by atoms with E-state index in [2.05, 4.69) is 40.3 Å². The quantitative estimate of drug-likeness (QED) is 0.173. The minimum absolute atomic E-state index is 0.334. The first-order valence-corrected chi connectivity index (χ1v) is 15.3. The van der Waals surface area contributed by atoms with Crippen LogP contribution in [0.4, 0.5) is 14.5 Å². The normalized spacial score (nSPS) is 14.2. The van der Waals surface area contributed by atoms with Crippen LogP contribution in [0.15, 0.2) is 61.1 Å². The van der Waals surface area contributed by atoms with E-state index < -0.39 is 5.82 Å². The minimum atomic E-state index is -0.398. The molecular weight excluding hydrogens is 572 g/mol. The van der Waals surface area contributed by atoms with E-state index in [1.165, 1.54) is 31.4 Å². The number of rotatable bonds is 9. The van der Waals surface area contributed by atoms with Crippen molar-refractivity contribution in [1.29, 1.82) is 0 Å². The zero-order valence-corrected chi connectivity index (χ0v) is 25.4. The average molecular weight is 608 g/mol. The van der Waals surface area contributed by atoms with Crippen molar-refractivity contribution in [3.63, 3.8) is 0 Å². The smallest absolute Gasteiger partial charge is 0.159 e. The Morgan fingerprint density at radius 1 is 0.933 bits per heavy atom. The summed E-state index contributed by atoms with van der Waals surface area (Å²) in [4.78, 5) is 21.6. The third kappa shape index (κ3) is 6.01. The lowest BCUT2D eigenvalue weighted by Gasteiger charge is -2.26. The summed E-state index contributed by atoms with van der Waals surface area (Å²) in [6.45, 7) is 4.42. The van der Waals surface area contributed by atoms with Crippen LogP contribution in [0.2, 0.25) is 0 Å². The Balaban J connectivity index is 1.24. The van der Waals surface area contributed by atoms with E-state index in [0.29, 0.717) is 68.1 Å². The number of nitrogens with one attached hydrogen (secondary N) is 3. The number of piperidine rings is 1. The molecule has 1 aliphatic heterocycles. The molecule has 9 nitrogen and oxygen atoms in total. The summed E-state index contributed by atoms with van der Waals surface area (Å²) >= 11 is 0. The second kappa shape index (κ2) is 12.3. The highest BCUT2D eigenvalue weighted by Gasteiger charge is 2.21. The second-order valence-corrected chi connectivity index (χ2v) is 11.9. The van der Waals surface area contributed by atoms with Crippen molar-refractivity contribution in [1.82, 2.24) is 39.9 Å². The van der Waals surface area contributed by atoms with Gasteiger partial charge in [-0.05, 0) is 88.1 Å². The maximum atomic E-state index is 16.4. The van der Waals surface area contributed by atoms with E-state index >= 15 is 4.39 Å². The first-order chi connectivity index (χ1) is 21.9. The Morgan fingerprint density at radius 3 is 2.64 bits per heavy atom. The molecule has 1 aliphatic rings. The second-order valence-electron chi connectivity index (χ2n) is 11.9. The number of benzene rings is 2. The number of aromatic amines is 2. The molecule has 6 aromatic rings. The molecule has 230 valence electrons. The highest BCUT2D eigenvalue weighted by molar-refractivity contribution is 5.98. The number of hydrogen-bond acceptors (Lipinski definition) is 7. The predicted molar refractivity (Wildman–Crippen MR) is 174 cm³/mol. The molecule has 3 N–H and O–H groups in total. The van der Waals surface area contributed by atoms with Crippen molar-refractivity contribution in [3.8, 4) is 33.9 Å². The van der Waals surface area contributed by atoms with Crippen molar-refractivity contribution < 1.29 is 8.78 Å². The van der Waals surface area contributed by atoms with Gasteiger partial charge in [0.1, 0.15) is 22.8 Å². The number of aromatic nitrogens is 6. The third-order valence-electron chi connectivity index (χ3n) is 8.31. The SMILES string of the molecule is CN(C)CCNc1cc(F)cc(-c2nccc3[nH]c(-c4n[nH]c5ccc(-c6cncc(CN7CCCCC7)c6)c(F)c45)nc23)c1. The van der Waals surface area contributed by atoms with Crippen LogP contribution >= 0.6 is 0 Å². The standard InChI is InChI=1S/C34H35F2N9/c1-44(2)13-10-38-25-16-22(15-24(35)17-25)31-32-28(8-9-39-31)40-34(41-32)33-29-27(42-43-33)7-6-26(30(29)36)23-14-21(18-37-19-23)20-45-11-4-3-5-12-45/h6-9,14-19,38H,3-5,10-13,20H2,1-2H3,(H,40,41)(H,42,43). The van der Waals surface area contributed by atoms with Crippen LogP contribution in [0.5, 0.6) is 0 Å². The number of imidazole rings is 1. The van der Waals surface area contributed by atoms with Crippen molar-refractivity contribution in [2.75, 3.05) is 45.6 Å². The summed E-state index contributed by atoms with van der Waals surface area (Å²) in [6, 6.07) is 12.2. The molecule has 5 heterocycles. The molecule has 4 aromatic heterocycles. The zero-order chi connectivity index (χ0) is 30.9. The summed E-state index contributed by atoms with van der Waals surface area (Å²) in [6.07, 6.45) is 8.90. The number of nitrogens with zero attached hydrogens (tertiary/aromatic N) is 6. The Kier molecular flexibility index (Phi) is 7.95. The van der Waals surface area contributed by atoms with E-state index in [1.807, 2.05) is 38.5 Å². The van der Waals surface area contributed by atoms with Crippen LogP contribution in [0, 0.1) is 11.6 Å². The summed E-state index contributed by atoms with van der Waals surface area (Å²) < 4.78 is 31.1. The van der Waals surface area contributed by atoms with Gasteiger partial charge in [-0.3, -0.25) is 20.0 Å². The fraction of sp³-hybridized carbons (Fsp3) is 0.294. The van der Waals surface area contributed by atoms with Gasteiger partial charge >= 0.3 is 0 Å². The highest BCUT2D eigenvalue weighted by Crippen LogP contribution is 2.35. The number of pyridine rings is 2. The summed E-state index contributed by atoms with van der Waals surface area (Å²) in [7, 11) is 3.97. The van der Waals surface area contributed by atoms with Gasteiger partial charge in [-0.25, -0.2) is 13.8 Å². The number of fused-ring (bicyclic) bond motifs is 2. The van der Waals surface area contributed by atoms with Crippen LogP contribution in [0.3, 0.4) is 0 Å². The molecule has 1 fully saturated rings. The van der Waals surface area contributed by atoms with Gasteiger partial charge in [0.05, 0.1) is 22.1 Å². The number of H-pyrrole nitrogens is 2. The molecule has 0 unspecified atom stereocenters. The summed E-state index contributed by atoms with van der Waals surface area (Å²) in [5.41, 5.74) is 6.12. The number of halogens is 2. The molecule has 0 saturated carbocycles. The first kappa shape index (κ1) is 29.0. The number of anilines is 1. The molecule has 45 heavy (non-hydrogen) atoms. The molecule has 2 aromatic carbocycles. The van der Waals surface area contributed by atoms with E-state index in [9.17, 15) is 4.39 Å². The van der Waals surface area contributed by atoms with E-state index in [-0.39, 0.29) is 5.82 Å². The summed E-state index contributed by atoms with van der Waals surface area (Å²) in [5.74, 6) is -0.387. The molecule has 11 heteroatoms. The van der Waals surface area contributed by atoms with Crippen LogP contribution in [0.1, 0.15) is 24.8 Å². The van der Waals surface area contributed by atoms with Gasteiger partial charge in [-0.2, -0.15) is 5.10 Å². The van der Waals surface area contributed by atoms with Crippen molar-refractivity contribution >= 4 is 27.6 Å². The lowest BCUT2D eigenvalue weighted by atomic mass is 10.0. The van der Waals surface area contributed by atoms with Gasteiger partial charge < -0.3 is 15.2 Å². The third-order valence-corrected chi connectivity index (χ3v) is 8.31. The fourth-order valence-corrected chi connectivity index (χ4v) is 6.08. The number of likely N-dealkylation sites (N-methyl/N-ethyl adjacent to an activating group) is 1. The molecule has 0 radical (unpaired) electrons. The topological polar surface area (TPSA) is 102 Å². The minimum Gasteiger partial charge on any atom is -0.384 e. The summed E-state index contributed by atoms with van der Waals surface area (Å²) in [5, 5.41) is 11.0. The Hall–Kier alpha value is -4.74. The van der Waals surface area contributed by atoms with Crippen LogP contribution in [0.25, 0.3) is 55.8 Å². The molecule has 1 saturated heterocycles. The predicted octanol–water partition coefficient (Wildman–Crippen LogP) is 6.47. The maximum absolute atomic E-state index is 16.4. The highest BCUT2D eigenvalue weighted by atomic mass is 19.1. The zero-order valence-electron chi connectivity index (χ0n) is 25.4. The lowest BCUT2D eigenvalue weighted by molar-refractivity contribution is 0.220. The van der Waals surface area contributed by atoms with Gasteiger partial charge in [0, 0.05) is 60.6 Å². The van der Waals surface area contributed by atoms with Crippen LogP contribution in [-0.4, -0.2) is 80.2 Å². The van der Waals surface area contributed by atoms with E-state index in [4.69, 9.17) is 4.98 Å². The van der Waals surface area contributed by atoms with Crippen LogP contribution < -0.4 is 5.32 Å². The van der Waals surface area contributed by atoms with Crippen molar-refractivity contribution in [2.45, 2.75) is 25.8 Å². The Bertz CT molecular complexity index is 1970. The average Bonchev–Trinajstić information content (AvgIpc) is 3.66. The molecule has 0 bridgehead atoms. The van der Waals surface area contributed by atoms with Gasteiger partial charge in [0.2, 0.25) is 0 Å². The molecule has 0 aliphatic carbocycles. The largest absolute Gasteiger partial charge is 0.384 e. The van der Waals surface area contributed by atoms with Crippen molar-refractivity contribution in [3.05, 3.63) is 78.3 Å². The van der Waals surface area contributed by atoms with Gasteiger partial charge in [-0.1, -0.05) is 6.42 Å². The monoisotopic (exact) mass is 607 g/mol. The van der Waals surface area contributed by atoms with Gasteiger partial charge in [0.25, 0.3) is 0 Å². The number of likely N-dealkylation sites (tertiary alicyclic amines) is 1. The van der Waals surface area contributed by atoms with Crippen molar-refractivity contribution in [2.24, 2.45) is 0 Å². The molecule has 0 amide bonds. The van der Waals surface area contributed by atoms with Gasteiger partial charge in [0.15, 0.2) is 5.82 Å². The lowest BCUT2D eigenvalue weighted by Crippen LogP contribution is -2.29. The first-order valence-electron chi connectivity index (χ1n) is 15.3. The Morgan fingerprint density at radius 2 is 1.80 bits per heavy atom. The van der Waals surface area contributed by atoms with Crippen LogP contribution in [-0.2, 0) is 6.54 Å². The maximum Gasteiger partial charge on any atom is 0.159 e. The number of hydrogen-bond donors (Lipinski definition) is 3. The molecule has 7 rings (SSSR count). The van der Waals surface area contributed by atoms with E-state index in [0.717, 1.165) is 31.7 Å². The molecular formula is C34H35F2N9. The fourth-order valence-electron chi connectivity index (χ4n) is 6.08. The Labute approximate surface area is 259 Å². The molecule has 0 spiro atoms. The van der Waals surface area contributed by atoms with Gasteiger partial charge in [-0.15, -0.1) is 0 Å². The van der Waals surface area contributed by atoms with E-state index in [1.54, 1.807) is 24.5 Å².